The van der Waals surface area contributed by atoms with E-state index in [0.29, 0.717) is 0 Å². The highest BCUT2D eigenvalue weighted by molar-refractivity contribution is 4.96. The van der Waals surface area contributed by atoms with Crippen molar-refractivity contribution in [3.63, 3.8) is 0 Å². The molecule has 0 aliphatic carbocycles. The predicted molar refractivity (Wildman–Crippen MR) is 51.5 cm³/mol. The molecule has 0 radical (unpaired) electrons. The Morgan fingerprint density at radius 2 is 2.09 bits per heavy atom. The topological polar surface area (TPSA) is 12.0 Å². The summed E-state index contributed by atoms with van der Waals surface area (Å²) in [6, 6.07) is 0. The third-order valence-electron chi connectivity index (χ3n) is 1.63. The maximum Gasteiger partial charge on any atom is 0.0178 e. The van der Waals surface area contributed by atoms with Crippen LogP contribution in [0.5, 0.6) is 0 Å². The fourth-order valence-corrected chi connectivity index (χ4v) is 0.914. The van der Waals surface area contributed by atoms with Crippen molar-refractivity contribution < 1.29 is 0 Å². The molecule has 0 fully saturated rings. The predicted octanol–water partition coefficient (Wildman–Crippen LogP) is 2.86. The second-order valence-corrected chi connectivity index (χ2v) is 2.45. The number of rotatable bonds is 5. The van der Waals surface area contributed by atoms with E-state index < -0.39 is 0 Å². The summed E-state index contributed by atoms with van der Waals surface area (Å²) >= 11 is 0. The molecule has 0 aliphatic heterocycles. The standard InChI is InChI=1S/C10H19N/c1-4-7-8-9-11-10(5-2)6-3/h4-5,7,11H,6,8-9H2,1-3H3/b7-4-,10-5-. The van der Waals surface area contributed by atoms with Gasteiger partial charge in [0.2, 0.25) is 0 Å². The number of hydrogen-bond acceptors (Lipinski definition) is 1. The molecule has 1 nitrogen and oxygen atoms in total. The summed E-state index contributed by atoms with van der Waals surface area (Å²) in [5, 5.41) is 3.36. The molecule has 0 aliphatic rings. The third-order valence-corrected chi connectivity index (χ3v) is 1.63. The quantitative estimate of drug-likeness (QED) is 0.473. The Morgan fingerprint density at radius 3 is 2.55 bits per heavy atom. The molecule has 0 aromatic rings. The van der Waals surface area contributed by atoms with Crippen LogP contribution < -0.4 is 5.32 Å². The lowest BCUT2D eigenvalue weighted by molar-refractivity contribution is 0.766. The maximum atomic E-state index is 3.36. The summed E-state index contributed by atoms with van der Waals surface area (Å²) in [4.78, 5) is 0. The normalized spacial score (nSPS) is 12.5. The van der Waals surface area contributed by atoms with E-state index in [2.05, 4.69) is 44.3 Å². The first-order valence-corrected chi connectivity index (χ1v) is 4.35. The van der Waals surface area contributed by atoms with E-state index in [1.807, 2.05) is 0 Å². The zero-order chi connectivity index (χ0) is 8.53. The Morgan fingerprint density at radius 1 is 1.36 bits per heavy atom. The van der Waals surface area contributed by atoms with Crippen LogP contribution in [-0.4, -0.2) is 6.54 Å². The average Bonchev–Trinajstić information content (AvgIpc) is 2.05. The molecule has 0 unspecified atom stereocenters. The summed E-state index contributed by atoms with van der Waals surface area (Å²) in [6.07, 6.45) is 8.62. The van der Waals surface area contributed by atoms with Gasteiger partial charge in [0, 0.05) is 12.2 Å². The fraction of sp³-hybridized carbons (Fsp3) is 0.600. The lowest BCUT2D eigenvalue weighted by Crippen LogP contribution is -2.13. The van der Waals surface area contributed by atoms with Crippen molar-refractivity contribution in [2.45, 2.75) is 33.6 Å². The van der Waals surface area contributed by atoms with Gasteiger partial charge in [-0.25, -0.2) is 0 Å². The van der Waals surface area contributed by atoms with Crippen molar-refractivity contribution in [3.8, 4) is 0 Å². The Kier molecular flexibility index (Phi) is 6.90. The molecule has 0 rings (SSSR count). The second kappa shape index (κ2) is 7.39. The van der Waals surface area contributed by atoms with Crippen LogP contribution in [-0.2, 0) is 0 Å². The molecule has 0 saturated carbocycles. The highest BCUT2D eigenvalue weighted by Gasteiger charge is 1.87. The maximum absolute atomic E-state index is 3.36. The molecule has 0 aromatic heterocycles. The summed E-state index contributed by atoms with van der Waals surface area (Å²) in [7, 11) is 0. The van der Waals surface area contributed by atoms with Crippen molar-refractivity contribution >= 4 is 0 Å². The van der Waals surface area contributed by atoms with Gasteiger partial charge >= 0.3 is 0 Å². The molecule has 0 heterocycles. The van der Waals surface area contributed by atoms with Gasteiger partial charge < -0.3 is 5.32 Å². The minimum Gasteiger partial charge on any atom is -0.388 e. The number of nitrogens with one attached hydrogen (secondary N) is 1. The molecular weight excluding hydrogens is 134 g/mol. The van der Waals surface area contributed by atoms with E-state index in [1.165, 1.54) is 5.70 Å². The Balaban J connectivity index is 3.37. The van der Waals surface area contributed by atoms with E-state index in [4.69, 9.17) is 0 Å². The number of allylic oxidation sites excluding steroid dienone is 3. The highest BCUT2D eigenvalue weighted by atomic mass is 14.9. The number of hydrogen-bond donors (Lipinski definition) is 1. The zero-order valence-corrected chi connectivity index (χ0v) is 7.85. The van der Waals surface area contributed by atoms with Gasteiger partial charge in [0.05, 0.1) is 0 Å². The summed E-state index contributed by atoms with van der Waals surface area (Å²) in [6.45, 7) is 7.34. The van der Waals surface area contributed by atoms with Crippen molar-refractivity contribution in [3.05, 3.63) is 23.9 Å². The van der Waals surface area contributed by atoms with E-state index in [1.54, 1.807) is 0 Å². The Labute approximate surface area is 70.2 Å². The van der Waals surface area contributed by atoms with Crippen LogP contribution in [0.4, 0.5) is 0 Å². The van der Waals surface area contributed by atoms with E-state index >= 15 is 0 Å². The van der Waals surface area contributed by atoms with Gasteiger partial charge in [0.1, 0.15) is 0 Å². The van der Waals surface area contributed by atoms with E-state index in [9.17, 15) is 0 Å². The van der Waals surface area contributed by atoms with Crippen LogP contribution in [0, 0.1) is 0 Å². The molecule has 0 aromatic carbocycles. The largest absolute Gasteiger partial charge is 0.388 e. The first-order chi connectivity index (χ1) is 5.35. The van der Waals surface area contributed by atoms with Gasteiger partial charge in [-0.2, -0.15) is 0 Å². The fourth-order valence-electron chi connectivity index (χ4n) is 0.914. The highest BCUT2D eigenvalue weighted by Crippen LogP contribution is 1.94. The summed E-state index contributed by atoms with van der Waals surface area (Å²) in [5.41, 5.74) is 1.34. The molecule has 0 atom stereocenters. The molecule has 1 heteroatoms. The second-order valence-electron chi connectivity index (χ2n) is 2.45. The SMILES string of the molecule is C/C=C\CCN/C(=C\C)CC. The first kappa shape index (κ1) is 10.3. The average molecular weight is 153 g/mol. The molecule has 0 bridgehead atoms. The molecule has 0 spiro atoms. The van der Waals surface area contributed by atoms with Gasteiger partial charge in [-0.05, 0) is 26.7 Å². The molecular formula is C10H19N. The van der Waals surface area contributed by atoms with Gasteiger partial charge in [0.15, 0.2) is 0 Å². The molecule has 64 valence electrons. The van der Waals surface area contributed by atoms with Crippen LogP contribution in [0.3, 0.4) is 0 Å². The van der Waals surface area contributed by atoms with Crippen LogP contribution in [0.2, 0.25) is 0 Å². The van der Waals surface area contributed by atoms with E-state index in [-0.39, 0.29) is 0 Å². The van der Waals surface area contributed by atoms with Gasteiger partial charge in [0.25, 0.3) is 0 Å². The third kappa shape index (κ3) is 5.71. The van der Waals surface area contributed by atoms with Crippen LogP contribution in [0.25, 0.3) is 0 Å². The first-order valence-electron chi connectivity index (χ1n) is 4.35. The van der Waals surface area contributed by atoms with Gasteiger partial charge in [-0.1, -0.05) is 25.2 Å². The summed E-state index contributed by atoms with van der Waals surface area (Å²) in [5.74, 6) is 0. The van der Waals surface area contributed by atoms with Crippen molar-refractivity contribution in [2.24, 2.45) is 0 Å². The minimum atomic E-state index is 1.05. The minimum absolute atomic E-state index is 1.05. The zero-order valence-electron chi connectivity index (χ0n) is 7.85. The monoisotopic (exact) mass is 153 g/mol. The van der Waals surface area contributed by atoms with Crippen molar-refractivity contribution in [1.29, 1.82) is 0 Å². The van der Waals surface area contributed by atoms with Crippen LogP contribution >= 0.6 is 0 Å². The van der Waals surface area contributed by atoms with E-state index in [0.717, 1.165) is 19.4 Å². The molecule has 11 heavy (non-hydrogen) atoms. The Bertz CT molecular complexity index is 134. The Hall–Kier alpha value is -0.720. The molecule has 1 N–H and O–H groups in total. The van der Waals surface area contributed by atoms with Crippen LogP contribution in [0.1, 0.15) is 33.6 Å². The lowest BCUT2D eigenvalue weighted by atomic mass is 10.3. The molecule has 0 amide bonds. The smallest absolute Gasteiger partial charge is 0.0178 e. The van der Waals surface area contributed by atoms with Gasteiger partial charge in [-0.15, -0.1) is 0 Å². The lowest BCUT2D eigenvalue weighted by Gasteiger charge is -2.05. The van der Waals surface area contributed by atoms with Crippen molar-refractivity contribution in [2.75, 3.05) is 6.54 Å². The summed E-state index contributed by atoms with van der Waals surface area (Å²) < 4.78 is 0. The molecule has 0 saturated heterocycles. The van der Waals surface area contributed by atoms with Gasteiger partial charge in [-0.3, -0.25) is 0 Å². The van der Waals surface area contributed by atoms with Crippen LogP contribution in [0.15, 0.2) is 23.9 Å². The van der Waals surface area contributed by atoms with Crippen molar-refractivity contribution in [1.82, 2.24) is 5.32 Å².